The van der Waals surface area contributed by atoms with Crippen LogP contribution in [-0.4, -0.2) is 17.6 Å². The maximum Gasteiger partial charge on any atom is 0.339 e. The van der Waals surface area contributed by atoms with Crippen molar-refractivity contribution in [2.75, 3.05) is 6.61 Å². The molecule has 0 saturated carbocycles. The van der Waals surface area contributed by atoms with Crippen molar-refractivity contribution in [1.29, 1.82) is 0 Å². The maximum atomic E-state index is 11.5. The molecular weight excluding hydrogens is 237 g/mol. The van der Waals surface area contributed by atoms with E-state index in [1.807, 2.05) is 13.8 Å². The van der Waals surface area contributed by atoms with Gasteiger partial charge in [0.1, 0.15) is 5.15 Å². The fourth-order valence-electron chi connectivity index (χ4n) is 0.890. The minimum atomic E-state index is -0.474. The molecule has 0 amide bonds. The highest BCUT2D eigenvalue weighted by Gasteiger charge is 2.13. The zero-order valence-electron chi connectivity index (χ0n) is 8.46. The predicted octanol–water partition coefficient (Wildman–Crippen LogP) is 3.20. The van der Waals surface area contributed by atoms with E-state index in [4.69, 9.17) is 27.9 Å². The number of hydrogen-bond donors (Lipinski definition) is 0. The molecule has 0 aliphatic carbocycles. The standard InChI is InChI=1S/C10H11Cl2NO2/c1-6(2)5-15-10(14)7-3-9(12)13-4-8(7)11/h3-4,6H,5H2,1-2H3. The van der Waals surface area contributed by atoms with E-state index in [9.17, 15) is 4.79 Å². The van der Waals surface area contributed by atoms with Crippen LogP contribution >= 0.6 is 23.2 Å². The van der Waals surface area contributed by atoms with Gasteiger partial charge in [-0.15, -0.1) is 0 Å². The quantitative estimate of drug-likeness (QED) is 0.609. The van der Waals surface area contributed by atoms with Crippen molar-refractivity contribution in [2.24, 2.45) is 5.92 Å². The van der Waals surface area contributed by atoms with E-state index < -0.39 is 5.97 Å². The summed E-state index contributed by atoms with van der Waals surface area (Å²) >= 11 is 11.4. The molecule has 0 atom stereocenters. The third kappa shape index (κ3) is 3.68. The summed E-state index contributed by atoms with van der Waals surface area (Å²) in [5, 5.41) is 0.462. The molecule has 0 aliphatic rings. The van der Waals surface area contributed by atoms with Crippen molar-refractivity contribution in [2.45, 2.75) is 13.8 Å². The number of nitrogens with zero attached hydrogens (tertiary/aromatic N) is 1. The monoisotopic (exact) mass is 247 g/mol. The average molecular weight is 248 g/mol. The van der Waals surface area contributed by atoms with E-state index in [-0.39, 0.29) is 21.7 Å². The zero-order valence-corrected chi connectivity index (χ0v) is 9.97. The number of carbonyl (C=O) groups is 1. The van der Waals surface area contributed by atoms with Gasteiger partial charge >= 0.3 is 5.97 Å². The minimum absolute atomic E-state index is 0.218. The smallest absolute Gasteiger partial charge is 0.339 e. The van der Waals surface area contributed by atoms with E-state index >= 15 is 0 Å². The molecule has 0 radical (unpaired) electrons. The molecule has 1 rings (SSSR count). The van der Waals surface area contributed by atoms with Gasteiger partial charge in [-0.25, -0.2) is 9.78 Å². The lowest BCUT2D eigenvalue weighted by Gasteiger charge is -2.07. The van der Waals surface area contributed by atoms with Crippen LogP contribution in [0.2, 0.25) is 10.2 Å². The molecule has 82 valence electrons. The van der Waals surface area contributed by atoms with Crippen LogP contribution in [0.15, 0.2) is 12.3 Å². The number of carbonyl (C=O) groups excluding carboxylic acids is 1. The van der Waals surface area contributed by atoms with Crippen molar-refractivity contribution >= 4 is 29.2 Å². The maximum absolute atomic E-state index is 11.5. The van der Waals surface area contributed by atoms with E-state index in [0.29, 0.717) is 6.61 Å². The third-order valence-corrected chi connectivity index (χ3v) is 2.10. The number of rotatable bonds is 3. The molecule has 0 aromatic carbocycles. The normalized spacial score (nSPS) is 10.5. The molecule has 0 aliphatic heterocycles. The first-order valence-electron chi connectivity index (χ1n) is 4.49. The molecule has 0 unspecified atom stereocenters. The molecule has 0 spiro atoms. The van der Waals surface area contributed by atoms with Gasteiger partial charge < -0.3 is 4.74 Å². The summed E-state index contributed by atoms with van der Waals surface area (Å²) < 4.78 is 5.02. The zero-order chi connectivity index (χ0) is 11.4. The molecule has 0 saturated heterocycles. The number of hydrogen-bond acceptors (Lipinski definition) is 3. The Morgan fingerprint density at radius 2 is 2.20 bits per heavy atom. The highest BCUT2D eigenvalue weighted by molar-refractivity contribution is 6.34. The van der Waals surface area contributed by atoms with Crippen LogP contribution in [0, 0.1) is 5.92 Å². The second-order valence-corrected chi connectivity index (χ2v) is 4.27. The van der Waals surface area contributed by atoms with Crippen LogP contribution < -0.4 is 0 Å². The van der Waals surface area contributed by atoms with Gasteiger partial charge in [0.2, 0.25) is 0 Å². The van der Waals surface area contributed by atoms with Crippen molar-refractivity contribution < 1.29 is 9.53 Å². The van der Waals surface area contributed by atoms with Gasteiger partial charge in [0, 0.05) is 6.20 Å². The highest BCUT2D eigenvalue weighted by Crippen LogP contribution is 2.19. The lowest BCUT2D eigenvalue weighted by atomic mass is 10.2. The van der Waals surface area contributed by atoms with E-state index in [0.717, 1.165) is 0 Å². The number of ether oxygens (including phenoxy) is 1. The first kappa shape index (κ1) is 12.3. The first-order valence-corrected chi connectivity index (χ1v) is 5.24. The molecular formula is C10H11Cl2NO2. The molecule has 15 heavy (non-hydrogen) atoms. The summed E-state index contributed by atoms with van der Waals surface area (Å²) in [6.45, 7) is 4.26. The minimum Gasteiger partial charge on any atom is -0.462 e. The third-order valence-electron chi connectivity index (χ3n) is 1.59. The van der Waals surface area contributed by atoms with Gasteiger partial charge in [-0.2, -0.15) is 0 Å². The lowest BCUT2D eigenvalue weighted by Crippen LogP contribution is -2.10. The van der Waals surface area contributed by atoms with Crippen LogP contribution in [0.4, 0.5) is 0 Å². The summed E-state index contributed by atoms with van der Waals surface area (Å²) in [7, 11) is 0. The SMILES string of the molecule is CC(C)COC(=O)c1cc(Cl)ncc1Cl. The van der Waals surface area contributed by atoms with Crippen LogP contribution in [0.3, 0.4) is 0 Å². The number of pyridine rings is 1. The summed E-state index contributed by atoms with van der Waals surface area (Å²) in [4.78, 5) is 15.3. The van der Waals surface area contributed by atoms with E-state index in [1.165, 1.54) is 12.3 Å². The lowest BCUT2D eigenvalue weighted by molar-refractivity contribution is 0.0459. The second kappa shape index (κ2) is 5.33. The Bertz CT molecular complexity index is 366. The Labute approximate surface area is 98.4 Å². The van der Waals surface area contributed by atoms with Crippen molar-refractivity contribution in [3.05, 3.63) is 28.0 Å². The van der Waals surface area contributed by atoms with E-state index in [2.05, 4.69) is 4.98 Å². The largest absolute Gasteiger partial charge is 0.462 e. The summed E-state index contributed by atoms with van der Waals surface area (Å²) in [6, 6.07) is 1.40. The van der Waals surface area contributed by atoms with Gasteiger partial charge in [0.15, 0.2) is 0 Å². The second-order valence-electron chi connectivity index (χ2n) is 3.48. The summed E-state index contributed by atoms with van der Waals surface area (Å²) in [5.74, 6) is -0.192. The van der Waals surface area contributed by atoms with Crippen LogP contribution in [-0.2, 0) is 4.74 Å². The fourth-order valence-corrected chi connectivity index (χ4v) is 1.23. The molecule has 0 fully saturated rings. The van der Waals surface area contributed by atoms with Crippen molar-refractivity contribution in [1.82, 2.24) is 4.98 Å². The molecule has 1 aromatic rings. The average Bonchev–Trinajstić information content (AvgIpc) is 2.18. The van der Waals surface area contributed by atoms with Crippen molar-refractivity contribution in [3.63, 3.8) is 0 Å². The predicted molar refractivity (Wildman–Crippen MR) is 59.4 cm³/mol. The molecule has 1 heterocycles. The molecule has 0 N–H and O–H groups in total. The van der Waals surface area contributed by atoms with Gasteiger partial charge in [-0.1, -0.05) is 37.0 Å². The number of aromatic nitrogens is 1. The van der Waals surface area contributed by atoms with Gasteiger partial charge in [0.25, 0.3) is 0 Å². The Morgan fingerprint density at radius 3 is 2.80 bits per heavy atom. The van der Waals surface area contributed by atoms with E-state index in [1.54, 1.807) is 0 Å². The van der Waals surface area contributed by atoms with Crippen LogP contribution in [0.25, 0.3) is 0 Å². The van der Waals surface area contributed by atoms with Gasteiger partial charge in [-0.05, 0) is 12.0 Å². The van der Waals surface area contributed by atoms with Crippen molar-refractivity contribution in [3.8, 4) is 0 Å². The fraction of sp³-hybridized carbons (Fsp3) is 0.400. The van der Waals surface area contributed by atoms with Gasteiger partial charge in [0.05, 0.1) is 17.2 Å². The van der Waals surface area contributed by atoms with Crippen LogP contribution in [0.5, 0.6) is 0 Å². The summed E-state index contributed by atoms with van der Waals surface area (Å²) in [5.41, 5.74) is 0.248. The summed E-state index contributed by atoms with van der Waals surface area (Å²) in [6.07, 6.45) is 1.33. The highest BCUT2D eigenvalue weighted by atomic mass is 35.5. The molecule has 5 heteroatoms. The van der Waals surface area contributed by atoms with Gasteiger partial charge in [-0.3, -0.25) is 0 Å². The molecule has 0 bridgehead atoms. The molecule has 3 nitrogen and oxygen atoms in total. The Kier molecular flexibility index (Phi) is 4.36. The Morgan fingerprint density at radius 1 is 1.53 bits per heavy atom. The number of halogens is 2. The first-order chi connectivity index (χ1) is 7.00. The van der Waals surface area contributed by atoms with Crippen LogP contribution in [0.1, 0.15) is 24.2 Å². The Hall–Kier alpha value is -0.800. The topological polar surface area (TPSA) is 39.2 Å². The Balaban J connectivity index is 2.77. The number of esters is 1. The molecule has 1 aromatic heterocycles.